The van der Waals surface area contributed by atoms with Crippen molar-refractivity contribution in [3.05, 3.63) is 88.4 Å². The molecule has 166 valence electrons. The maximum absolute atomic E-state index is 12.3. The molecule has 7 heteroatoms. The lowest BCUT2D eigenvalue weighted by molar-refractivity contribution is -0.120. The zero-order valence-corrected chi connectivity index (χ0v) is 18.5. The Morgan fingerprint density at radius 3 is 2.53 bits per heavy atom. The first kappa shape index (κ1) is 23.2. The average molecular weight is 453 g/mol. The van der Waals surface area contributed by atoms with Gasteiger partial charge in [0.25, 0.3) is 0 Å². The summed E-state index contributed by atoms with van der Waals surface area (Å²) >= 11 is 6.02. The van der Waals surface area contributed by atoms with Crippen molar-refractivity contribution >= 4 is 23.2 Å². The zero-order chi connectivity index (χ0) is 22.9. The lowest BCUT2D eigenvalue weighted by Gasteiger charge is -2.10. The van der Waals surface area contributed by atoms with Crippen LogP contribution in [0.4, 0.5) is 0 Å². The van der Waals surface area contributed by atoms with Gasteiger partial charge in [-0.3, -0.25) is 9.79 Å². The van der Waals surface area contributed by atoms with Crippen molar-refractivity contribution in [1.82, 2.24) is 5.32 Å². The first-order valence-corrected chi connectivity index (χ1v) is 10.6. The second-order valence-electron chi connectivity index (χ2n) is 7.10. The summed E-state index contributed by atoms with van der Waals surface area (Å²) in [6.07, 6.45) is 0.627. The Balaban J connectivity index is 1.64. The quantitative estimate of drug-likeness (QED) is 0.332. The molecule has 3 aromatic carbocycles. The predicted octanol–water partition coefficient (Wildman–Crippen LogP) is 4.35. The largest absolute Gasteiger partial charge is 0.504 e. The van der Waals surface area contributed by atoms with Crippen molar-refractivity contribution in [3.8, 4) is 17.2 Å². The van der Waals surface area contributed by atoms with E-state index in [-0.39, 0.29) is 23.8 Å². The van der Waals surface area contributed by atoms with Crippen molar-refractivity contribution in [1.29, 1.82) is 0 Å². The summed E-state index contributed by atoms with van der Waals surface area (Å²) in [5.41, 5.74) is 3.10. The van der Waals surface area contributed by atoms with Gasteiger partial charge in [-0.05, 0) is 42.3 Å². The molecule has 0 radical (unpaired) electrons. The van der Waals surface area contributed by atoms with Gasteiger partial charge in [-0.25, -0.2) is 0 Å². The van der Waals surface area contributed by atoms with Gasteiger partial charge in [0.15, 0.2) is 11.5 Å². The van der Waals surface area contributed by atoms with E-state index in [1.54, 1.807) is 31.4 Å². The molecule has 32 heavy (non-hydrogen) atoms. The highest BCUT2D eigenvalue weighted by molar-refractivity contribution is 6.30. The number of nitrogens with one attached hydrogen (secondary N) is 1. The average Bonchev–Trinajstić information content (AvgIpc) is 2.80. The minimum Gasteiger partial charge on any atom is -0.504 e. The van der Waals surface area contributed by atoms with E-state index < -0.39 is 0 Å². The van der Waals surface area contributed by atoms with Crippen molar-refractivity contribution in [2.45, 2.75) is 12.8 Å². The molecule has 3 aromatic rings. The van der Waals surface area contributed by atoms with E-state index in [9.17, 15) is 15.0 Å². The molecule has 0 spiro atoms. The van der Waals surface area contributed by atoms with Crippen molar-refractivity contribution < 1.29 is 19.7 Å². The lowest BCUT2D eigenvalue weighted by atomic mass is 10.0. The fraction of sp³-hybridized carbons (Fsp3) is 0.200. The van der Waals surface area contributed by atoms with Crippen LogP contribution in [0, 0.1) is 0 Å². The highest BCUT2D eigenvalue weighted by Crippen LogP contribution is 2.28. The van der Waals surface area contributed by atoms with Crippen LogP contribution in [-0.2, 0) is 11.2 Å². The highest BCUT2D eigenvalue weighted by atomic mass is 35.5. The Morgan fingerprint density at radius 1 is 1.03 bits per heavy atom. The number of carbonyl (C=O) groups is 1. The number of hydrogen-bond donors (Lipinski definition) is 3. The number of nitrogens with zero attached hydrogens (tertiary/aromatic N) is 1. The van der Waals surface area contributed by atoms with E-state index in [1.165, 1.54) is 6.07 Å². The third-order valence-electron chi connectivity index (χ3n) is 4.88. The van der Waals surface area contributed by atoms with Gasteiger partial charge in [-0.15, -0.1) is 0 Å². The van der Waals surface area contributed by atoms with Crippen LogP contribution in [0.25, 0.3) is 0 Å². The Kier molecular flexibility index (Phi) is 8.11. The molecular weight excluding hydrogens is 428 g/mol. The van der Waals surface area contributed by atoms with E-state index in [0.29, 0.717) is 30.1 Å². The normalized spacial score (nSPS) is 11.2. The van der Waals surface area contributed by atoms with E-state index in [1.807, 2.05) is 36.4 Å². The van der Waals surface area contributed by atoms with Gasteiger partial charge >= 0.3 is 0 Å². The number of ether oxygens (including phenoxy) is 1. The monoisotopic (exact) mass is 452 g/mol. The molecule has 0 aliphatic rings. The number of phenols is 2. The summed E-state index contributed by atoms with van der Waals surface area (Å²) in [5.74, 6) is 0.249. The number of methoxy groups -OCH3 is 1. The Labute approximate surface area is 192 Å². The summed E-state index contributed by atoms with van der Waals surface area (Å²) < 4.78 is 5.33. The summed E-state index contributed by atoms with van der Waals surface area (Å²) in [7, 11) is 1.61. The summed E-state index contributed by atoms with van der Waals surface area (Å²) in [6, 6.07) is 19.7. The fourth-order valence-electron chi connectivity index (χ4n) is 3.20. The topological polar surface area (TPSA) is 91.2 Å². The second kappa shape index (κ2) is 11.2. The molecule has 0 fully saturated rings. The first-order valence-electron chi connectivity index (χ1n) is 10.2. The number of phenolic OH excluding ortho intramolecular Hbond substituents is 2. The van der Waals surface area contributed by atoms with Gasteiger partial charge in [0.1, 0.15) is 5.75 Å². The van der Waals surface area contributed by atoms with Crippen LogP contribution in [0.1, 0.15) is 23.1 Å². The van der Waals surface area contributed by atoms with Gasteiger partial charge in [0, 0.05) is 35.7 Å². The maximum atomic E-state index is 12.3. The number of halogens is 1. The van der Waals surface area contributed by atoms with Gasteiger partial charge in [0.2, 0.25) is 5.91 Å². The van der Waals surface area contributed by atoms with Crippen LogP contribution in [0.15, 0.2) is 71.7 Å². The van der Waals surface area contributed by atoms with Crippen molar-refractivity contribution in [3.63, 3.8) is 0 Å². The predicted molar refractivity (Wildman–Crippen MR) is 126 cm³/mol. The van der Waals surface area contributed by atoms with Crippen LogP contribution < -0.4 is 10.1 Å². The van der Waals surface area contributed by atoms with E-state index in [2.05, 4.69) is 10.3 Å². The third kappa shape index (κ3) is 6.25. The molecule has 0 aliphatic carbocycles. The number of aromatic hydroxyl groups is 2. The molecule has 3 N–H and O–H groups in total. The second-order valence-corrected chi connectivity index (χ2v) is 7.54. The molecule has 3 rings (SSSR count). The summed E-state index contributed by atoms with van der Waals surface area (Å²) in [4.78, 5) is 16.9. The summed E-state index contributed by atoms with van der Waals surface area (Å²) in [5, 5.41) is 22.8. The number of carbonyl (C=O) groups excluding carboxylic acids is 1. The molecule has 0 aliphatic heterocycles. The molecule has 0 unspecified atom stereocenters. The van der Waals surface area contributed by atoms with Crippen LogP contribution in [0.3, 0.4) is 0 Å². The molecule has 0 saturated heterocycles. The molecule has 0 bridgehead atoms. The highest BCUT2D eigenvalue weighted by Gasteiger charge is 2.10. The van der Waals surface area contributed by atoms with Crippen molar-refractivity contribution in [2.75, 3.05) is 20.2 Å². The van der Waals surface area contributed by atoms with E-state index in [0.717, 1.165) is 22.6 Å². The fourth-order valence-corrected chi connectivity index (χ4v) is 3.33. The minimum atomic E-state index is -0.171. The lowest BCUT2D eigenvalue weighted by Crippen LogP contribution is -2.26. The smallest absolute Gasteiger partial charge is 0.221 e. The molecule has 1 amide bonds. The molecule has 0 heterocycles. The standard InChI is InChI=1S/C25H25ClN2O4/c1-32-21-6-2-5-19(16-21)24(17-8-10-20(26)11-9-17)28-15-13-23(30)27-14-12-18-4-3-7-22(29)25(18)31/h2-11,16,29,31H,12-15H2,1H3,(H,27,30). The number of para-hydroxylation sites is 1. The number of amides is 1. The van der Waals surface area contributed by atoms with Crippen LogP contribution in [0.5, 0.6) is 17.2 Å². The Bertz CT molecular complexity index is 1100. The zero-order valence-electron chi connectivity index (χ0n) is 17.7. The molecule has 0 saturated carbocycles. The summed E-state index contributed by atoms with van der Waals surface area (Å²) in [6.45, 7) is 0.651. The first-order chi connectivity index (χ1) is 15.5. The molecule has 0 aromatic heterocycles. The number of benzene rings is 3. The molecule has 0 atom stereocenters. The Hall–Kier alpha value is -3.51. The van der Waals surface area contributed by atoms with Gasteiger partial charge in [-0.1, -0.05) is 48.0 Å². The number of hydrogen-bond acceptors (Lipinski definition) is 5. The SMILES string of the molecule is COc1cccc(C(=NCCC(=O)NCCc2cccc(O)c2O)c2ccc(Cl)cc2)c1. The Morgan fingerprint density at radius 2 is 1.78 bits per heavy atom. The molecular formula is C25H25ClN2O4. The van der Waals surface area contributed by atoms with Gasteiger partial charge in [-0.2, -0.15) is 0 Å². The maximum Gasteiger partial charge on any atom is 0.221 e. The van der Waals surface area contributed by atoms with Crippen LogP contribution in [0.2, 0.25) is 5.02 Å². The van der Waals surface area contributed by atoms with Gasteiger partial charge < -0.3 is 20.3 Å². The molecule has 6 nitrogen and oxygen atoms in total. The van der Waals surface area contributed by atoms with Crippen LogP contribution >= 0.6 is 11.6 Å². The van der Waals surface area contributed by atoms with Crippen molar-refractivity contribution in [2.24, 2.45) is 4.99 Å². The minimum absolute atomic E-state index is 0.144. The van der Waals surface area contributed by atoms with Crippen LogP contribution in [-0.4, -0.2) is 42.0 Å². The van der Waals surface area contributed by atoms with Gasteiger partial charge in [0.05, 0.1) is 12.8 Å². The third-order valence-corrected chi connectivity index (χ3v) is 5.14. The van der Waals surface area contributed by atoms with E-state index >= 15 is 0 Å². The van der Waals surface area contributed by atoms with E-state index in [4.69, 9.17) is 16.3 Å². The number of rotatable bonds is 9. The number of aliphatic imine (C=N–C) groups is 1.